The van der Waals surface area contributed by atoms with Crippen molar-refractivity contribution in [3.8, 4) is 0 Å². The lowest BCUT2D eigenvalue weighted by Crippen LogP contribution is -2.01. The molecule has 1 saturated carbocycles. The summed E-state index contributed by atoms with van der Waals surface area (Å²) in [6.45, 7) is 5.69. The van der Waals surface area contributed by atoms with E-state index in [9.17, 15) is 0 Å². The highest BCUT2D eigenvalue weighted by Crippen LogP contribution is 2.45. The van der Waals surface area contributed by atoms with Gasteiger partial charge in [-0.1, -0.05) is 18.7 Å². The fourth-order valence-corrected chi connectivity index (χ4v) is 0.974. The topological polar surface area (TPSA) is 38.9 Å². The summed E-state index contributed by atoms with van der Waals surface area (Å²) in [5, 5.41) is 3.86. The van der Waals surface area contributed by atoms with Gasteiger partial charge in [0.15, 0.2) is 5.82 Å². The quantitative estimate of drug-likeness (QED) is 0.644. The second kappa shape index (κ2) is 1.94. The lowest BCUT2D eigenvalue weighted by Gasteiger charge is -1.96. The minimum atomic E-state index is 0.199. The second-order valence-corrected chi connectivity index (χ2v) is 3.22. The Kier molecular flexibility index (Phi) is 1.16. The van der Waals surface area contributed by atoms with Crippen molar-refractivity contribution >= 4 is 6.08 Å². The molecule has 0 bridgehead atoms. The Morgan fingerprint density at radius 1 is 1.64 bits per heavy atom. The predicted molar refractivity (Wildman–Crippen MR) is 41.0 cm³/mol. The van der Waals surface area contributed by atoms with E-state index < -0.39 is 0 Å². The number of nitrogens with zero attached hydrogens (tertiary/aromatic N) is 2. The molecule has 3 heteroatoms. The van der Waals surface area contributed by atoms with Gasteiger partial charge in [0.2, 0.25) is 5.89 Å². The Morgan fingerprint density at radius 3 is 2.82 bits per heavy atom. The van der Waals surface area contributed by atoms with E-state index in [0.29, 0.717) is 5.89 Å². The van der Waals surface area contributed by atoms with E-state index in [1.807, 2.05) is 0 Å². The molecule has 0 saturated heterocycles. The maximum atomic E-state index is 4.90. The average molecular weight is 150 g/mol. The zero-order valence-electron chi connectivity index (χ0n) is 6.50. The number of aromatic nitrogens is 2. The van der Waals surface area contributed by atoms with Crippen LogP contribution in [0.5, 0.6) is 0 Å². The lowest BCUT2D eigenvalue weighted by molar-refractivity contribution is 0.397. The van der Waals surface area contributed by atoms with Gasteiger partial charge in [0.05, 0.1) is 0 Å². The van der Waals surface area contributed by atoms with Crippen molar-refractivity contribution < 1.29 is 4.52 Å². The van der Waals surface area contributed by atoms with Crippen LogP contribution in [0.3, 0.4) is 0 Å². The first-order valence-electron chi connectivity index (χ1n) is 3.71. The molecule has 1 aromatic heterocycles. The molecule has 0 atom stereocenters. The third kappa shape index (κ3) is 0.964. The van der Waals surface area contributed by atoms with Crippen molar-refractivity contribution in [3.05, 3.63) is 18.3 Å². The molecule has 0 radical (unpaired) electrons. The number of hydrogen-bond acceptors (Lipinski definition) is 3. The van der Waals surface area contributed by atoms with Crippen molar-refractivity contribution in [2.45, 2.75) is 25.2 Å². The van der Waals surface area contributed by atoms with Gasteiger partial charge in [0.1, 0.15) is 0 Å². The zero-order chi connectivity index (χ0) is 7.90. The molecule has 1 aliphatic rings. The van der Waals surface area contributed by atoms with Crippen LogP contribution >= 0.6 is 0 Å². The highest BCUT2D eigenvalue weighted by molar-refractivity contribution is 5.33. The van der Waals surface area contributed by atoms with E-state index >= 15 is 0 Å². The normalized spacial score (nSPS) is 19.7. The van der Waals surface area contributed by atoms with Gasteiger partial charge >= 0.3 is 0 Å². The summed E-state index contributed by atoms with van der Waals surface area (Å²) in [4.78, 5) is 4.17. The highest BCUT2D eigenvalue weighted by Gasteiger charge is 2.43. The molecule has 0 aromatic carbocycles. The second-order valence-electron chi connectivity index (χ2n) is 3.22. The third-order valence-corrected chi connectivity index (χ3v) is 2.16. The van der Waals surface area contributed by atoms with Crippen LogP contribution in [0.25, 0.3) is 6.08 Å². The third-order valence-electron chi connectivity index (χ3n) is 2.16. The predicted octanol–water partition coefficient (Wildman–Crippen LogP) is 1.76. The summed E-state index contributed by atoms with van der Waals surface area (Å²) in [5.41, 5.74) is 0.199. The summed E-state index contributed by atoms with van der Waals surface area (Å²) in [6.07, 6.45) is 3.91. The molecule has 11 heavy (non-hydrogen) atoms. The van der Waals surface area contributed by atoms with Crippen molar-refractivity contribution in [3.63, 3.8) is 0 Å². The molecule has 3 nitrogen and oxygen atoms in total. The fraction of sp³-hybridized carbons (Fsp3) is 0.500. The molecule has 0 spiro atoms. The first kappa shape index (κ1) is 6.58. The zero-order valence-corrected chi connectivity index (χ0v) is 6.50. The van der Waals surface area contributed by atoms with Crippen LogP contribution in [0.1, 0.15) is 31.5 Å². The van der Waals surface area contributed by atoms with Crippen molar-refractivity contribution in [1.29, 1.82) is 0 Å². The minimum absolute atomic E-state index is 0.199. The maximum absolute atomic E-state index is 4.90. The van der Waals surface area contributed by atoms with E-state index in [2.05, 4.69) is 23.6 Å². The SMILES string of the molecule is C=Cc1nc(C2(C)CC2)no1. The Balaban J connectivity index is 2.32. The molecule has 1 fully saturated rings. The van der Waals surface area contributed by atoms with Crippen molar-refractivity contribution in [2.24, 2.45) is 0 Å². The van der Waals surface area contributed by atoms with Crippen LogP contribution in [-0.2, 0) is 5.41 Å². The van der Waals surface area contributed by atoms with Crippen LogP contribution in [0, 0.1) is 0 Å². The van der Waals surface area contributed by atoms with E-state index in [1.54, 1.807) is 6.08 Å². The van der Waals surface area contributed by atoms with Gasteiger partial charge in [-0.3, -0.25) is 0 Å². The molecule has 1 aromatic rings. The van der Waals surface area contributed by atoms with E-state index in [-0.39, 0.29) is 5.41 Å². The first-order valence-corrected chi connectivity index (χ1v) is 3.71. The van der Waals surface area contributed by atoms with Gasteiger partial charge in [-0.2, -0.15) is 4.98 Å². The van der Waals surface area contributed by atoms with Crippen LogP contribution in [0.4, 0.5) is 0 Å². The van der Waals surface area contributed by atoms with Crippen LogP contribution < -0.4 is 0 Å². The molecule has 0 amide bonds. The van der Waals surface area contributed by atoms with Gasteiger partial charge in [-0.15, -0.1) is 0 Å². The number of rotatable bonds is 2. The number of hydrogen-bond donors (Lipinski definition) is 0. The standard InChI is InChI=1S/C8H10N2O/c1-3-6-9-7(10-11-6)8(2)4-5-8/h3H,1,4-5H2,2H3. The van der Waals surface area contributed by atoms with Crippen molar-refractivity contribution in [1.82, 2.24) is 10.1 Å². The Bertz CT molecular complexity index is 286. The summed E-state index contributed by atoms with van der Waals surface area (Å²) in [7, 11) is 0. The molecule has 0 N–H and O–H groups in total. The van der Waals surface area contributed by atoms with E-state index in [0.717, 1.165) is 5.82 Å². The summed E-state index contributed by atoms with van der Waals surface area (Å²) < 4.78 is 4.90. The van der Waals surface area contributed by atoms with Crippen LogP contribution in [-0.4, -0.2) is 10.1 Å². The van der Waals surface area contributed by atoms with E-state index in [1.165, 1.54) is 12.8 Å². The monoisotopic (exact) mass is 150 g/mol. The van der Waals surface area contributed by atoms with Gasteiger partial charge in [0.25, 0.3) is 0 Å². The van der Waals surface area contributed by atoms with Gasteiger partial charge in [0, 0.05) is 5.41 Å². The summed E-state index contributed by atoms with van der Waals surface area (Å²) >= 11 is 0. The molecule has 2 rings (SSSR count). The molecule has 1 heterocycles. The van der Waals surface area contributed by atoms with Crippen molar-refractivity contribution in [2.75, 3.05) is 0 Å². The molecule has 58 valence electrons. The Labute approximate surface area is 65.1 Å². The molecule has 0 aliphatic heterocycles. The lowest BCUT2D eigenvalue weighted by atomic mass is 10.1. The smallest absolute Gasteiger partial charge is 0.250 e. The molecule has 1 aliphatic carbocycles. The van der Waals surface area contributed by atoms with Gasteiger partial charge in [-0.25, -0.2) is 0 Å². The van der Waals surface area contributed by atoms with Gasteiger partial charge < -0.3 is 4.52 Å². The van der Waals surface area contributed by atoms with Crippen LogP contribution in [0.2, 0.25) is 0 Å². The molecular formula is C8H10N2O. The van der Waals surface area contributed by atoms with Gasteiger partial charge in [-0.05, 0) is 18.9 Å². The Morgan fingerprint density at radius 2 is 2.36 bits per heavy atom. The van der Waals surface area contributed by atoms with E-state index in [4.69, 9.17) is 4.52 Å². The summed E-state index contributed by atoms with van der Waals surface area (Å²) in [5.74, 6) is 1.35. The Hall–Kier alpha value is -1.12. The van der Waals surface area contributed by atoms with Crippen LogP contribution in [0.15, 0.2) is 11.1 Å². The highest BCUT2D eigenvalue weighted by atomic mass is 16.5. The summed E-state index contributed by atoms with van der Waals surface area (Å²) in [6, 6.07) is 0. The fourth-order valence-electron chi connectivity index (χ4n) is 0.974. The largest absolute Gasteiger partial charge is 0.335 e. The molecule has 0 unspecified atom stereocenters. The first-order chi connectivity index (χ1) is 5.24. The minimum Gasteiger partial charge on any atom is -0.335 e. The molecular weight excluding hydrogens is 140 g/mol. The average Bonchev–Trinajstić information content (AvgIpc) is 2.61. The maximum Gasteiger partial charge on any atom is 0.250 e.